The van der Waals surface area contributed by atoms with Crippen LogP contribution in [0.2, 0.25) is 10.0 Å². The average molecular weight is 605 g/mol. The summed E-state index contributed by atoms with van der Waals surface area (Å²) < 4.78 is 32.9. The van der Waals surface area contributed by atoms with E-state index in [-0.39, 0.29) is 24.0 Å². The van der Waals surface area contributed by atoms with Crippen molar-refractivity contribution in [2.75, 3.05) is 12.3 Å². The summed E-state index contributed by atoms with van der Waals surface area (Å²) >= 11 is 12.7. The Balaban J connectivity index is 1.64. The SMILES string of the molecule is CC1=NCC(C[C@@H]2O[C@H](c3cccc(Cl)c3)[C@@H](c3ccc(Cl)cc3)N([C@H](CS(=O)(=O)C(C)(C)C)C3CC3)C2=O)=N1. The first-order valence-electron chi connectivity index (χ1n) is 13.6. The van der Waals surface area contributed by atoms with Gasteiger partial charge >= 0.3 is 0 Å². The van der Waals surface area contributed by atoms with Crippen LogP contribution in [0.1, 0.15) is 70.2 Å². The van der Waals surface area contributed by atoms with Gasteiger partial charge in [0.05, 0.1) is 23.1 Å². The van der Waals surface area contributed by atoms with Crippen molar-refractivity contribution in [3.05, 3.63) is 69.7 Å². The molecule has 0 aromatic heterocycles. The summed E-state index contributed by atoms with van der Waals surface area (Å²) in [5.41, 5.74) is 2.40. The Morgan fingerprint density at radius 2 is 1.75 bits per heavy atom. The van der Waals surface area contributed by atoms with Crippen LogP contribution in [0, 0.1) is 5.92 Å². The maximum atomic E-state index is 14.5. The summed E-state index contributed by atoms with van der Waals surface area (Å²) in [7, 11) is -3.54. The van der Waals surface area contributed by atoms with E-state index in [1.165, 1.54) is 0 Å². The normalized spacial score (nSPS) is 24.6. The summed E-state index contributed by atoms with van der Waals surface area (Å²) in [6.07, 6.45) is 0.587. The van der Waals surface area contributed by atoms with Crippen molar-refractivity contribution in [2.45, 2.75) is 76.0 Å². The van der Waals surface area contributed by atoms with Crippen LogP contribution >= 0.6 is 23.2 Å². The second-order valence-electron chi connectivity index (χ2n) is 11.9. The van der Waals surface area contributed by atoms with Gasteiger partial charge in [-0.05, 0) is 81.8 Å². The lowest BCUT2D eigenvalue weighted by Crippen LogP contribution is -2.58. The number of benzene rings is 2. The van der Waals surface area contributed by atoms with E-state index >= 15 is 0 Å². The maximum Gasteiger partial charge on any atom is 0.253 e. The molecule has 2 aromatic carbocycles. The maximum absolute atomic E-state index is 14.5. The predicted molar refractivity (Wildman–Crippen MR) is 160 cm³/mol. The van der Waals surface area contributed by atoms with Crippen LogP contribution < -0.4 is 0 Å². The fourth-order valence-electron chi connectivity index (χ4n) is 5.43. The molecule has 2 fully saturated rings. The van der Waals surface area contributed by atoms with Crippen LogP contribution in [0.15, 0.2) is 58.5 Å². The Bertz CT molecular complexity index is 1450. The zero-order valence-electron chi connectivity index (χ0n) is 23.2. The number of ether oxygens (including phenoxy) is 1. The van der Waals surface area contributed by atoms with Gasteiger partial charge in [0, 0.05) is 28.2 Å². The number of morpholine rings is 1. The zero-order valence-corrected chi connectivity index (χ0v) is 25.5. The molecule has 1 saturated heterocycles. The molecule has 1 amide bonds. The molecule has 214 valence electrons. The smallest absolute Gasteiger partial charge is 0.253 e. The third-order valence-electron chi connectivity index (χ3n) is 7.89. The Kier molecular flexibility index (Phi) is 8.18. The molecule has 10 heteroatoms. The second-order valence-corrected chi connectivity index (χ2v) is 15.5. The van der Waals surface area contributed by atoms with E-state index in [0.29, 0.717) is 22.4 Å². The molecule has 4 atom stereocenters. The Labute approximate surface area is 246 Å². The molecule has 0 radical (unpaired) electrons. The van der Waals surface area contributed by atoms with E-state index in [0.717, 1.165) is 29.7 Å². The first kappa shape index (κ1) is 29.2. The molecule has 7 nitrogen and oxygen atoms in total. The van der Waals surface area contributed by atoms with Gasteiger partial charge in [-0.25, -0.2) is 13.4 Å². The number of hydrogen-bond acceptors (Lipinski definition) is 6. The van der Waals surface area contributed by atoms with Gasteiger partial charge in [0.1, 0.15) is 18.0 Å². The van der Waals surface area contributed by atoms with Gasteiger partial charge in [-0.15, -0.1) is 0 Å². The molecule has 0 bridgehead atoms. The number of sulfone groups is 1. The standard InChI is InChI=1S/C30H35Cl2N3O4S/c1-18-33-16-24(34-18)15-26-29(36)35(25(19-8-9-19)17-40(37,38)30(2,3)4)27(20-10-12-22(31)13-11-20)28(39-26)21-6-5-7-23(32)14-21/h5-7,10-14,19,25-28H,8-9,15-17H2,1-4H3/t25-,26+,27-,28-/m1/s1. The molecule has 5 rings (SSSR count). The van der Waals surface area contributed by atoms with Crippen molar-refractivity contribution in [3.63, 3.8) is 0 Å². The fraction of sp³-hybridized carbons (Fsp3) is 0.500. The fourth-order valence-corrected chi connectivity index (χ4v) is 7.14. The van der Waals surface area contributed by atoms with E-state index in [2.05, 4.69) is 9.98 Å². The van der Waals surface area contributed by atoms with Gasteiger partial charge in [-0.2, -0.15) is 0 Å². The molecular weight excluding hydrogens is 569 g/mol. The van der Waals surface area contributed by atoms with Crippen molar-refractivity contribution in [1.82, 2.24) is 4.90 Å². The van der Waals surface area contributed by atoms with Crippen molar-refractivity contribution >= 4 is 50.5 Å². The Morgan fingerprint density at radius 3 is 2.33 bits per heavy atom. The molecule has 1 saturated carbocycles. The largest absolute Gasteiger partial charge is 0.358 e. The number of aliphatic imine (C=N–C) groups is 2. The lowest BCUT2D eigenvalue weighted by atomic mass is 9.89. The van der Waals surface area contributed by atoms with Crippen molar-refractivity contribution in [3.8, 4) is 0 Å². The lowest BCUT2D eigenvalue weighted by Gasteiger charge is -2.48. The van der Waals surface area contributed by atoms with E-state index in [1.54, 1.807) is 39.0 Å². The number of carbonyl (C=O) groups excluding carboxylic acids is 1. The number of hydrogen-bond donors (Lipinski definition) is 0. The monoisotopic (exact) mass is 603 g/mol. The van der Waals surface area contributed by atoms with Gasteiger partial charge in [-0.3, -0.25) is 9.79 Å². The molecule has 2 aromatic rings. The second kappa shape index (κ2) is 11.2. The highest BCUT2D eigenvalue weighted by Gasteiger charge is 2.52. The number of rotatable bonds is 8. The molecule has 1 aliphatic carbocycles. The summed E-state index contributed by atoms with van der Waals surface area (Å²) in [5.74, 6) is 0.415. The Morgan fingerprint density at radius 1 is 1.05 bits per heavy atom. The number of halogens is 2. The van der Waals surface area contributed by atoms with Crippen LogP contribution in [-0.4, -0.2) is 60.0 Å². The molecule has 40 heavy (non-hydrogen) atoms. The topological polar surface area (TPSA) is 88.4 Å². The van der Waals surface area contributed by atoms with E-state index in [9.17, 15) is 13.2 Å². The van der Waals surface area contributed by atoms with Gasteiger partial charge in [0.15, 0.2) is 9.84 Å². The van der Waals surface area contributed by atoms with Crippen LogP contribution in [0.25, 0.3) is 0 Å². The molecule has 0 unspecified atom stereocenters. The van der Waals surface area contributed by atoms with E-state index < -0.39 is 38.9 Å². The summed E-state index contributed by atoms with van der Waals surface area (Å²) in [5, 5.41) is 1.12. The van der Waals surface area contributed by atoms with E-state index in [4.69, 9.17) is 27.9 Å². The summed E-state index contributed by atoms with van der Waals surface area (Å²) in [6, 6.07) is 13.7. The molecule has 2 aliphatic heterocycles. The third kappa shape index (κ3) is 6.15. The van der Waals surface area contributed by atoms with Gasteiger partial charge in [0.2, 0.25) is 0 Å². The highest BCUT2D eigenvalue weighted by molar-refractivity contribution is 7.92. The number of amidine groups is 1. The highest BCUT2D eigenvalue weighted by atomic mass is 35.5. The first-order chi connectivity index (χ1) is 18.8. The van der Waals surface area contributed by atoms with Crippen LogP contribution in [-0.2, 0) is 19.4 Å². The van der Waals surface area contributed by atoms with Crippen LogP contribution in [0.4, 0.5) is 0 Å². The quantitative estimate of drug-likeness (QED) is 0.356. The molecule has 0 N–H and O–H groups in total. The minimum Gasteiger partial charge on any atom is -0.358 e. The van der Waals surface area contributed by atoms with Crippen LogP contribution in [0.5, 0.6) is 0 Å². The lowest BCUT2D eigenvalue weighted by molar-refractivity contribution is -0.178. The number of carbonyl (C=O) groups is 1. The highest BCUT2D eigenvalue weighted by Crippen LogP contribution is 2.48. The molecule has 2 heterocycles. The first-order valence-corrected chi connectivity index (χ1v) is 16.0. The predicted octanol–water partition coefficient (Wildman–Crippen LogP) is 6.26. The Hall–Kier alpha value is -2.26. The molecule has 0 spiro atoms. The number of nitrogens with zero attached hydrogens (tertiary/aromatic N) is 3. The molecular formula is C30H35Cl2N3O4S. The minimum absolute atomic E-state index is 0.0871. The zero-order chi connectivity index (χ0) is 28.8. The van der Waals surface area contributed by atoms with Crippen LogP contribution in [0.3, 0.4) is 0 Å². The van der Waals surface area contributed by atoms with Crippen molar-refractivity contribution in [1.29, 1.82) is 0 Å². The van der Waals surface area contributed by atoms with Gasteiger partial charge in [0.25, 0.3) is 5.91 Å². The third-order valence-corrected chi connectivity index (χ3v) is 11.0. The van der Waals surface area contributed by atoms with Crippen molar-refractivity contribution < 1.29 is 17.9 Å². The van der Waals surface area contributed by atoms with Gasteiger partial charge < -0.3 is 9.64 Å². The van der Waals surface area contributed by atoms with Gasteiger partial charge in [-0.1, -0.05) is 47.5 Å². The summed E-state index contributed by atoms with van der Waals surface area (Å²) in [6.45, 7) is 7.38. The summed E-state index contributed by atoms with van der Waals surface area (Å²) in [4.78, 5) is 25.1. The molecule has 3 aliphatic rings. The van der Waals surface area contributed by atoms with Crippen molar-refractivity contribution in [2.24, 2.45) is 15.9 Å². The minimum atomic E-state index is -3.54. The number of amides is 1. The van der Waals surface area contributed by atoms with E-state index in [1.807, 2.05) is 42.2 Å². The average Bonchev–Trinajstić information content (AvgIpc) is 3.65.